The molecule has 0 aliphatic carbocycles. The number of aryl methyl sites for hydroxylation is 2. The largest absolute Gasteiger partial charge is 0.333 e. The zero-order valence-corrected chi connectivity index (χ0v) is 14.0. The van der Waals surface area contributed by atoms with Crippen LogP contribution in [0.4, 0.5) is 0 Å². The van der Waals surface area contributed by atoms with Gasteiger partial charge < -0.3 is 10.3 Å². The maximum atomic E-state index is 12.9. The van der Waals surface area contributed by atoms with E-state index in [1.807, 2.05) is 32.3 Å². The summed E-state index contributed by atoms with van der Waals surface area (Å²) in [4.78, 5) is 30.2. The smallest absolute Gasteiger partial charge is 0.328 e. The maximum absolute atomic E-state index is 12.9. The Bertz CT molecular complexity index is 797. The number of fused-ring (bicyclic) bond motifs is 1. The Morgan fingerprint density at radius 1 is 1.14 bits per heavy atom. The fraction of sp³-hybridized carbons (Fsp3) is 0.667. The number of aromatic nitrogens is 4. The van der Waals surface area contributed by atoms with E-state index >= 15 is 0 Å². The highest BCUT2D eigenvalue weighted by Crippen LogP contribution is 2.16. The van der Waals surface area contributed by atoms with Gasteiger partial charge in [0, 0.05) is 25.6 Å². The lowest BCUT2D eigenvalue weighted by Crippen LogP contribution is -2.44. The van der Waals surface area contributed by atoms with Gasteiger partial charge in [0.1, 0.15) is 5.82 Å². The molecule has 7 heteroatoms. The predicted molar refractivity (Wildman–Crippen MR) is 87.5 cm³/mol. The molecule has 0 spiro atoms. The zero-order chi connectivity index (χ0) is 16.6. The Morgan fingerprint density at radius 3 is 2.23 bits per heavy atom. The van der Waals surface area contributed by atoms with Gasteiger partial charge in [-0.25, -0.2) is 9.78 Å². The molecule has 1 unspecified atom stereocenters. The standard InChI is InChI=1S/C15H25N5O2/c1-6-11-17-13-12(18(11)7-2)14(21)20(10(5)8-16)15(22)19(13)9(3)4/h9-10H,6-8,16H2,1-5H3. The summed E-state index contributed by atoms with van der Waals surface area (Å²) in [6, 6.07) is -0.434. The van der Waals surface area contributed by atoms with Crippen molar-refractivity contribution in [1.82, 2.24) is 18.7 Å². The van der Waals surface area contributed by atoms with Crippen LogP contribution in [0.15, 0.2) is 9.59 Å². The summed E-state index contributed by atoms with van der Waals surface area (Å²) in [6.45, 7) is 10.5. The van der Waals surface area contributed by atoms with Gasteiger partial charge in [-0.15, -0.1) is 0 Å². The third-order valence-corrected chi connectivity index (χ3v) is 4.02. The van der Waals surface area contributed by atoms with Crippen molar-refractivity contribution in [2.24, 2.45) is 5.73 Å². The molecule has 7 nitrogen and oxygen atoms in total. The number of imidazole rings is 1. The average molecular weight is 307 g/mol. The van der Waals surface area contributed by atoms with E-state index in [9.17, 15) is 9.59 Å². The van der Waals surface area contributed by atoms with Crippen molar-refractivity contribution in [3.63, 3.8) is 0 Å². The van der Waals surface area contributed by atoms with Crippen molar-refractivity contribution in [2.75, 3.05) is 6.54 Å². The number of nitrogens with two attached hydrogens (primary N) is 1. The normalized spacial score (nSPS) is 13.2. The van der Waals surface area contributed by atoms with Gasteiger partial charge in [0.15, 0.2) is 11.2 Å². The minimum atomic E-state index is -0.348. The van der Waals surface area contributed by atoms with Gasteiger partial charge in [-0.2, -0.15) is 0 Å². The molecule has 0 aliphatic heterocycles. The molecule has 0 bridgehead atoms. The quantitative estimate of drug-likeness (QED) is 0.894. The van der Waals surface area contributed by atoms with Crippen molar-refractivity contribution < 1.29 is 0 Å². The second-order valence-electron chi connectivity index (χ2n) is 5.80. The van der Waals surface area contributed by atoms with Crippen LogP contribution in [-0.2, 0) is 13.0 Å². The van der Waals surface area contributed by atoms with E-state index in [1.165, 1.54) is 4.57 Å². The molecule has 2 heterocycles. The summed E-state index contributed by atoms with van der Waals surface area (Å²) in [6.07, 6.45) is 0.709. The van der Waals surface area contributed by atoms with Crippen LogP contribution in [0.2, 0.25) is 0 Å². The second-order valence-corrected chi connectivity index (χ2v) is 5.80. The lowest BCUT2D eigenvalue weighted by atomic mass is 10.3. The first-order valence-corrected chi connectivity index (χ1v) is 7.85. The third-order valence-electron chi connectivity index (χ3n) is 4.02. The topological polar surface area (TPSA) is 87.8 Å². The Morgan fingerprint density at radius 2 is 1.77 bits per heavy atom. The molecule has 122 valence electrons. The van der Waals surface area contributed by atoms with Crippen LogP contribution in [0.3, 0.4) is 0 Å². The lowest BCUT2D eigenvalue weighted by Gasteiger charge is -2.18. The molecular weight excluding hydrogens is 282 g/mol. The molecule has 0 saturated heterocycles. The van der Waals surface area contributed by atoms with Crippen LogP contribution in [-0.4, -0.2) is 25.2 Å². The number of hydrogen-bond donors (Lipinski definition) is 1. The van der Waals surface area contributed by atoms with E-state index in [0.29, 0.717) is 24.1 Å². The van der Waals surface area contributed by atoms with Gasteiger partial charge in [-0.05, 0) is 27.7 Å². The van der Waals surface area contributed by atoms with E-state index in [0.717, 1.165) is 5.82 Å². The highest BCUT2D eigenvalue weighted by atomic mass is 16.2. The molecule has 2 aromatic heterocycles. The van der Waals surface area contributed by atoms with Crippen molar-refractivity contribution in [2.45, 2.75) is 59.7 Å². The SMILES string of the molecule is CCc1nc2c(c(=O)n(C(C)CN)c(=O)n2C(C)C)n1CC. The Balaban J connectivity index is 3.07. The Kier molecular flexibility index (Phi) is 4.55. The van der Waals surface area contributed by atoms with Gasteiger partial charge >= 0.3 is 5.69 Å². The minimum Gasteiger partial charge on any atom is -0.328 e. The summed E-state index contributed by atoms with van der Waals surface area (Å²) < 4.78 is 4.75. The summed E-state index contributed by atoms with van der Waals surface area (Å²) in [5.41, 5.74) is 6.01. The van der Waals surface area contributed by atoms with Gasteiger partial charge in [-0.3, -0.25) is 13.9 Å². The zero-order valence-electron chi connectivity index (χ0n) is 14.0. The Hall–Kier alpha value is -1.89. The van der Waals surface area contributed by atoms with Crippen LogP contribution >= 0.6 is 0 Å². The van der Waals surface area contributed by atoms with Crippen LogP contribution in [0.25, 0.3) is 11.2 Å². The monoisotopic (exact) mass is 307 g/mol. The van der Waals surface area contributed by atoms with Gasteiger partial charge in [-0.1, -0.05) is 6.92 Å². The van der Waals surface area contributed by atoms with E-state index in [4.69, 9.17) is 5.73 Å². The average Bonchev–Trinajstić information content (AvgIpc) is 2.84. The molecule has 2 N–H and O–H groups in total. The summed E-state index contributed by atoms with van der Waals surface area (Å²) in [5, 5.41) is 0. The van der Waals surface area contributed by atoms with E-state index in [-0.39, 0.29) is 29.9 Å². The van der Waals surface area contributed by atoms with Gasteiger partial charge in [0.25, 0.3) is 5.56 Å². The third kappa shape index (κ3) is 2.29. The van der Waals surface area contributed by atoms with Crippen molar-refractivity contribution in [3.8, 4) is 0 Å². The summed E-state index contributed by atoms with van der Waals surface area (Å²) >= 11 is 0. The van der Waals surface area contributed by atoms with Crippen LogP contribution in [0, 0.1) is 0 Å². The molecule has 2 rings (SSSR count). The molecule has 0 saturated carbocycles. The molecule has 2 aromatic rings. The van der Waals surface area contributed by atoms with Gasteiger partial charge in [0.05, 0.1) is 6.04 Å². The van der Waals surface area contributed by atoms with Crippen LogP contribution in [0.1, 0.15) is 52.5 Å². The van der Waals surface area contributed by atoms with Crippen molar-refractivity contribution >= 4 is 11.2 Å². The fourth-order valence-electron chi connectivity index (χ4n) is 2.84. The summed E-state index contributed by atoms with van der Waals surface area (Å²) in [7, 11) is 0. The Labute approximate surface area is 129 Å². The first-order chi connectivity index (χ1) is 10.4. The lowest BCUT2D eigenvalue weighted by molar-refractivity contribution is 0.468. The number of rotatable bonds is 5. The fourth-order valence-corrected chi connectivity index (χ4v) is 2.84. The molecular formula is C15H25N5O2. The molecule has 1 atom stereocenters. The molecule has 0 aliphatic rings. The molecule has 0 radical (unpaired) electrons. The molecule has 0 amide bonds. The number of hydrogen-bond acceptors (Lipinski definition) is 4. The molecule has 0 aromatic carbocycles. The van der Waals surface area contributed by atoms with Crippen LogP contribution < -0.4 is 17.0 Å². The van der Waals surface area contributed by atoms with Crippen molar-refractivity contribution in [1.29, 1.82) is 0 Å². The molecule has 22 heavy (non-hydrogen) atoms. The van der Waals surface area contributed by atoms with E-state index in [2.05, 4.69) is 4.98 Å². The summed E-state index contributed by atoms with van der Waals surface area (Å²) in [5.74, 6) is 0.821. The maximum Gasteiger partial charge on any atom is 0.333 e. The van der Waals surface area contributed by atoms with Crippen molar-refractivity contribution in [3.05, 3.63) is 26.7 Å². The first-order valence-electron chi connectivity index (χ1n) is 7.85. The first kappa shape index (κ1) is 16.5. The highest BCUT2D eigenvalue weighted by molar-refractivity contribution is 5.71. The van der Waals surface area contributed by atoms with Crippen LogP contribution in [0.5, 0.6) is 0 Å². The highest BCUT2D eigenvalue weighted by Gasteiger charge is 2.23. The van der Waals surface area contributed by atoms with Gasteiger partial charge in [0.2, 0.25) is 0 Å². The van der Waals surface area contributed by atoms with E-state index in [1.54, 1.807) is 11.5 Å². The second kappa shape index (κ2) is 6.08. The minimum absolute atomic E-state index is 0.0864. The van der Waals surface area contributed by atoms with E-state index < -0.39 is 0 Å². The number of nitrogens with zero attached hydrogens (tertiary/aromatic N) is 4. The predicted octanol–water partition coefficient (Wildman–Crippen LogP) is 1.04. The molecule has 0 fully saturated rings.